The molecule has 0 amide bonds. The molecule has 0 heterocycles. The van der Waals surface area contributed by atoms with Crippen LogP contribution in [0.2, 0.25) is 0 Å². The van der Waals surface area contributed by atoms with Crippen LogP contribution in [0.3, 0.4) is 0 Å². The van der Waals surface area contributed by atoms with Crippen molar-refractivity contribution in [3.63, 3.8) is 0 Å². The van der Waals surface area contributed by atoms with E-state index in [9.17, 15) is 0 Å². The second kappa shape index (κ2) is 12.0. The summed E-state index contributed by atoms with van der Waals surface area (Å²) in [5, 5.41) is 0. The number of hydrogen-bond acceptors (Lipinski definition) is 2. The van der Waals surface area contributed by atoms with Crippen LogP contribution in [-0.2, 0) is 4.74 Å². The van der Waals surface area contributed by atoms with Crippen LogP contribution in [0.25, 0.3) is 0 Å². The highest BCUT2D eigenvalue weighted by Crippen LogP contribution is 2.67. The second-order valence-corrected chi connectivity index (χ2v) is 14.2. The van der Waals surface area contributed by atoms with E-state index in [1.165, 1.54) is 89.9 Å². The van der Waals surface area contributed by atoms with Crippen molar-refractivity contribution in [2.75, 3.05) is 13.2 Å². The molecule has 0 unspecified atom stereocenters. The Morgan fingerprint density at radius 3 is 2.49 bits per heavy atom. The SMILES string of the molecule is CC(C)CCC[C@@H](C)[C@H]1CC[C@H]2[C@@H]3CC=C4C[C@@H](OCCCCCCN)CC[C@]4(C)[C@H]3CC[C@]12C. The highest BCUT2D eigenvalue weighted by molar-refractivity contribution is 5.25. The molecule has 4 aliphatic carbocycles. The molecular formula is C33H59NO. The summed E-state index contributed by atoms with van der Waals surface area (Å²) in [6.07, 6.45) is 23.6. The Morgan fingerprint density at radius 1 is 0.914 bits per heavy atom. The number of rotatable bonds is 12. The van der Waals surface area contributed by atoms with Gasteiger partial charge in [0.1, 0.15) is 0 Å². The summed E-state index contributed by atoms with van der Waals surface area (Å²) in [6, 6.07) is 0. The van der Waals surface area contributed by atoms with E-state index in [1.807, 2.05) is 0 Å². The van der Waals surface area contributed by atoms with Crippen molar-refractivity contribution >= 4 is 0 Å². The molecule has 0 spiro atoms. The first-order valence-corrected chi connectivity index (χ1v) is 15.8. The first-order valence-electron chi connectivity index (χ1n) is 15.8. The number of unbranched alkanes of at least 4 members (excludes halogenated alkanes) is 3. The van der Waals surface area contributed by atoms with Gasteiger partial charge >= 0.3 is 0 Å². The van der Waals surface area contributed by atoms with E-state index in [2.05, 4.69) is 40.7 Å². The number of hydrogen-bond donors (Lipinski definition) is 1. The van der Waals surface area contributed by atoms with E-state index >= 15 is 0 Å². The topological polar surface area (TPSA) is 35.2 Å². The van der Waals surface area contributed by atoms with Gasteiger partial charge in [-0.1, -0.05) is 78.4 Å². The average Bonchev–Trinajstić information content (AvgIpc) is 3.18. The number of fused-ring (bicyclic) bond motifs is 5. The standard InChI is InChI=1S/C33H59NO/c1-24(2)11-10-12-25(3)29-15-16-30-28-14-13-26-23-27(35-22-9-7-6-8-21-34)17-19-32(26,4)31(28)18-20-33(29,30)5/h13,24-25,27-31H,6-12,14-23,34H2,1-5H3/t25-,27+,28+,29-,30+,31+,32+,33-/m1/s1. The molecule has 202 valence electrons. The Kier molecular flexibility index (Phi) is 9.51. The maximum Gasteiger partial charge on any atom is 0.0612 e. The van der Waals surface area contributed by atoms with Gasteiger partial charge in [-0.2, -0.15) is 0 Å². The predicted octanol–water partition coefficient (Wildman–Crippen LogP) is 8.93. The Balaban J connectivity index is 1.34. The van der Waals surface area contributed by atoms with Crippen molar-refractivity contribution in [3.05, 3.63) is 11.6 Å². The normalized spacial score (nSPS) is 39.6. The van der Waals surface area contributed by atoms with Gasteiger partial charge in [0.25, 0.3) is 0 Å². The zero-order valence-electron chi connectivity index (χ0n) is 24.1. The molecule has 0 saturated heterocycles. The maximum atomic E-state index is 6.39. The summed E-state index contributed by atoms with van der Waals surface area (Å²) in [4.78, 5) is 0. The Bertz CT molecular complexity index is 699. The Morgan fingerprint density at radius 2 is 1.71 bits per heavy atom. The molecule has 2 heteroatoms. The van der Waals surface area contributed by atoms with E-state index in [0.29, 0.717) is 16.9 Å². The smallest absolute Gasteiger partial charge is 0.0612 e. The van der Waals surface area contributed by atoms with Gasteiger partial charge in [-0.05, 0) is 117 Å². The minimum atomic E-state index is 0.451. The van der Waals surface area contributed by atoms with Crippen molar-refractivity contribution in [1.29, 1.82) is 0 Å². The highest BCUT2D eigenvalue weighted by atomic mass is 16.5. The van der Waals surface area contributed by atoms with Gasteiger partial charge in [-0.3, -0.25) is 0 Å². The zero-order valence-corrected chi connectivity index (χ0v) is 24.1. The minimum Gasteiger partial charge on any atom is -0.378 e. The molecule has 2 nitrogen and oxygen atoms in total. The van der Waals surface area contributed by atoms with Gasteiger partial charge in [0, 0.05) is 6.61 Å². The Hall–Kier alpha value is -0.340. The molecule has 0 aliphatic heterocycles. The average molecular weight is 486 g/mol. The predicted molar refractivity (Wildman–Crippen MR) is 150 cm³/mol. The van der Waals surface area contributed by atoms with Gasteiger partial charge in [0.15, 0.2) is 0 Å². The van der Waals surface area contributed by atoms with Crippen LogP contribution in [-0.4, -0.2) is 19.3 Å². The molecular weight excluding hydrogens is 426 g/mol. The van der Waals surface area contributed by atoms with E-state index in [0.717, 1.165) is 55.1 Å². The van der Waals surface area contributed by atoms with Crippen molar-refractivity contribution in [1.82, 2.24) is 0 Å². The summed E-state index contributed by atoms with van der Waals surface area (Å²) >= 11 is 0. The highest BCUT2D eigenvalue weighted by Gasteiger charge is 2.59. The largest absolute Gasteiger partial charge is 0.378 e. The van der Waals surface area contributed by atoms with Gasteiger partial charge in [0.2, 0.25) is 0 Å². The molecule has 2 N–H and O–H groups in total. The zero-order chi connectivity index (χ0) is 25.1. The number of ether oxygens (including phenoxy) is 1. The summed E-state index contributed by atoms with van der Waals surface area (Å²) in [6.45, 7) is 14.5. The van der Waals surface area contributed by atoms with Crippen LogP contribution in [0, 0.1) is 46.3 Å². The third-order valence-electron chi connectivity index (χ3n) is 11.7. The summed E-state index contributed by atoms with van der Waals surface area (Å²) in [5.74, 6) is 5.57. The lowest BCUT2D eigenvalue weighted by molar-refractivity contribution is -0.0641. The molecule has 0 aromatic carbocycles. The first kappa shape index (κ1) is 27.7. The molecule has 3 saturated carbocycles. The van der Waals surface area contributed by atoms with E-state index in [-0.39, 0.29) is 0 Å². The fourth-order valence-electron chi connectivity index (χ4n) is 9.64. The van der Waals surface area contributed by atoms with E-state index in [1.54, 1.807) is 5.57 Å². The number of nitrogens with two attached hydrogens (primary N) is 1. The van der Waals surface area contributed by atoms with Crippen molar-refractivity contribution in [3.8, 4) is 0 Å². The van der Waals surface area contributed by atoms with E-state index in [4.69, 9.17) is 10.5 Å². The molecule has 0 aromatic rings. The fourth-order valence-corrected chi connectivity index (χ4v) is 9.64. The quantitative estimate of drug-likeness (QED) is 0.221. The van der Waals surface area contributed by atoms with Crippen molar-refractivity contribution in [2.45, 2.75) is 137 Å². The summed E-state index contributed by atoms with van der Waals surface area (Å²) < 4.78 is 6.39. The van der Waals surface area contributed by atoms with Crippen LogP contribution in [0.1, 0.15) is 131 Å². The van der Waals surface area contributed by atoms with Crippen molar-refractivity contribution in [2.24, 2.45) is 52.1 Å². The monoisotopic (exact) mass is 485 g/mol. The van der Waals surface area contributed by atoms with Gasteiger partial charge in [-0.25, -0.2) is 0 Å². The lowest BCUT2D eigenvalue weighted by Crippen LogP contribution is -2.51. The second-order valence-electron chi connectivity index (χ2n) is 14.2. The van der Waals surface area contributed by atoms with Gasteiger partial charge in [-0.15, -0.1) is 0 Å². The van der Waals surface area contributed by atoms with E-state index < -0.39 is 0 Å². The maximum absolute atomic E-state index is 6.39. The van der Waals surface area contributed by atoms with Crippen molar-refractivity contribution < 1.29 is 4.74 Å². The molecule has 0 aromatic heterocycles. The van der Waals surface area contributed by atoms with Gasteiger partial charge < -0.3 is 10.5 Å². The molecule has 3 fully saturated rings. The molecule has 0 bridgehead atoms. The summed E-state index contributed by atoms with van der Waals surface area (Å²) in [5.41, 5.74) is 8.45. The van der Waals surface area contributed by atoms with Crippen LogP contribution < -0.4 is 5.73 Å². The molecule has 8 atom stereocenters. The number of allylic oxidation sites excluding steroid dienone is 1. The lowest BCUT2D eigenvalue weighted by atomic mass is 9.47. The molecule has 4 rings (SSSR count). The van der Waals surface area contributed by atoms with Crippen LogP contribution in [0.15, 0.2) is 11.6 Å². The van der Waals surface area contributed by atoms with Gasteiger partial charge in [0.05, 0.1) is 6.10 Å². The fraction of sp³-hybridized carbons (Fsp3) is 0.939. The molecule has 0 radical (unpaired) electrons. The molecule has 4 aliphatic rings. The summed E-state index contributed by atoms with van der Waals surface area (Å²) in [7, 11) is 0. The third kappa shape index (κ3) is 5.89. The van der Waals surface area contributed by atoms with Crippen LogP contribution in [0.4, 0.5) is 0 Å². The van der Waals surface area contributed by atoms with Crippen LogP contribution in [0.5, 0.6) is 0 Å². The first-order chi connectivity index (χ1) is 16.8. The van der Waals surface area contributed by atoms with Crippen LogP contribution >= 0.6 is 0 Å². The minimum absolute atomic E-state index is 0.451. The molecule has 35 heavy (non-hydrogen) atoms. The lowest BCUT2D eigenvalue weighted by Gasteiger charge is -2.58. The third-order valence-corrected chi connectivity index (χ3v) is 11.7. The Labute approximate surface area is 218 Å².